The Hall–Kier alpha value is -3.35. The van der Waals surface area contributed by atoms with E-state index in [9.17, 15) is 10.1 Å². The van der Waals surface area contributed by atoms with Crippen molar-refractivity contribution < 1.29 is 4.92 Å². The standard InChI is InChI=1S/C22H23IN8O2/c23-19-8-4-3-7-16(19)15-24-29-21-26-20(25-17-9-11-18(12-10-17)31(32)33)27-22(28-21)30-13-5-1-2-6-14-30/h3-4,7-12,15H,1-2,5-6,13-14H2,(H2,25,26,27,28,29)/b24-15+. The van der Waals surface area contributed by atoms with Crippen LogP contribution in [0.4, 0.5) is 29.2 Å². The fraction of sp³-hybridized carbons (Fsp3) is 0.273. The van der Waals surface area contributed by atoms with Gasteiger partial charge in [0.25, 0.3) is 5.69 Å². The van der Waals surface area contributed by atoms with E-state index in [1.165, 1.54) is 25.0 Å². The van der Waals surface area contributed by atoms with Gasteiger partial charge in [0.05, 0.1) is 11.1 Å². The van der Waals surface area contributed by atoms with Gasteiger partial charge in [0.1, 0.15) is 0 Å². The van der Waals surface area contributed by atoms with Gasteiger partial charge in [-0.1, -0.05) is 31.0 Å². The minimum atomic E-state index is -0.432. The van der Waals surface area contributed by atoms with E-state index in [0.29, 0.717) is 23.5 Å². The van der Waals surface area contributed by atoms with E-state index >= 15 is 0 Å². The Balaban J connectivity index is 1.58. The topological polar surface area (TPSA) is 121 Å². The van der Waals surface area contributed by atoms with Crippen LogP contribution in [0.1, 0.15) is 31.2 Å². The van der Waals surface area contributed by atoms with Gasteiger partial charge in [-0.2, -0.15) is 20.1 Å². The number of nitrogens with zero attached hydrogens (tertiary/aromatic N) is 6. The van der Waals surface area contributed by atoms with Gasteiger partial charge >= 0.3 is 0 Å². The molecule has 1 saturated heterocycles. The molecule has 0 bridgehead atoms. The lowest BCUT2D eigenvalue weighted by Gasteiger charge is -2.21. The average Bonchev–Trinajstić information content (AvgIpc) is 3.10. The maximum Gasteiger partial charge on any atom is 0.269 e. The average molecular weight is 558 g/mol. The molecule has 11 heteroatoms. The molecular formula is C22H23IN8O2. The highest BCUT2D eigenvalue weighted by Gasteiger charge is 2.16. The Labute approximate surface area is 204 Å². The first-order chi connectivity index (χ1) is 16.1. The van der Waals surface area contributed by atoms with Crippen LogP contribution in [-0.2, 0) is 0 Å². The summed E-state index contributed by atoms with van der Waals surface area (Å²) in [5.41, 5.74) is 4.56. The zero-order valence-electron chi connectivity index (χ0n) is 17.8. The predicted octanol–water partition coefficient (Wildman–Crippen LogP) is 4.95. The number of hydrogen-bond acceptors (Lipinski definition) is 9. The van der Waals surface area contributed by atoms with Crippen LogP contribution in [0.15, 0.2) is 53.6 Å². The van der Waals surface area contributed by atoms with Crippen LogP contribution < -0.4 is 15.6 Å². The third kappa shape index (κ3) is 6.34. The number of non-ortho nitro benzene ring substituents is 1. The van der Waals surface area contributed by atoms with Crippen molar-refractivity contribution in [2.75, 3.05) is 28.7 Å². The third-order valence-electron chi connectivity index (χ3n) is 5.12. The molecular weight excluding hydrogens is 535 g/mol. The maximum absolute atomic E-state index is 10.9. The lowest BCUT2D eigenvalue weighted by molar-refractivity contribution is -0.384. The zero-order valence-corrected chi connectivity index (χ0v) is 20.0. The van der Waals surface area contributed by atoms with E-state index in [-0.39, 0.29) is 5.69 Å². The highest BCUT2D eigenvalue weighted by Crippen LogP contribution is 2.22. The molecule has 33 heavy (non-hydrogen) atoms. The normalized spacial score (nSPS) is 14.2. The van der Waals surface area contributed by atoms with E-state index < -0.39 is 4.92 Å². The van der Waals surface area contributed by atoms with Crippen LogP contribution >= 0.6 is 22.6 Å². The second kappa shape index (κ2) is 11.0. The van der Waals surface area contributed by atoms with Crippen molar-refractivity contribution in [3.05, 3.63) is 67.8 Å². The summed E-state index contributed by atoms with van der Waals surface area (Å²) in [5, 5.41) is 18.3. The van der Waals surface area contributed by atoms with E-state index in [2.05, 4.69) is 58.3 Å². The van der Waals surface area contributed by atoms with E-state index in [1.54, 1.807) is 18.3 Å². The Morgan fingerprint density at radius 1 is 0.970 bits per heavy atom. The van der Waals surface area contributed by atoms with Gasteiger partial charge in [0.15, 0.2) is 0 Å². The molecule has 0 saturated carbocycles. The van der Waals surface area contributed by atoms with Crippen LogP contribution in [0, 0.1) is 13.7 Å². The first kappa shape index (κ1) is 22.8. The highest BCUT2D eigenvalue weighted by molar-refractivity contribution is 14.1. The number of rotatable bonds is 7. The van der Waals surface area contributed by atoms with Gasteiger partial charge in [-0.05, 0) is 53.6 Å². The van der Waals surface area contributed by atoms with Crippen molar-refractivity contribution >= 4 is 58.0 Å². The van der Waals surface area contributed by atoms with Gasteiger partial charge in [-0.25, -0.2) is 5.43 Å². The van der Waals surface area contributed by atoms with Crippen molar-refractivity contribution in [3.63, 3.8) is 0 Å². The summed E-state index contributed by atoms with van der Waals surface area (Å²) in [6.45, 7) is 1.76. The summed E-state index contributed by atoms with van der Waals surface area (Å²) in [6, 6.07) is 14.0. The molecule has 1 aliphatic heterocycles. The number of anilines is 4. The number of hydrazone groups is 1. The Morgan fingerprint density at radius 3 is 2.36 bits per heavy atom. The lowest BCUT2D eigenvalue weighted by Crippen LogP contribution is -2.26. The summed E-state index contributed by atoms with van der Waals surface area (Å²) in [6.07, 6.45) is 6.29. The number of halogens is 1. The van der Waals surface area contributed by atoms with E-state index in [4.69, 9.17) is 0 Å². The minimum Gasteiger partial charge on any atom is -0.341 e. The van der Waals surface area contributed by atoms with Gasteiger partial charge in [-0.3, -0.25) is 10.1 Å². The van der Waals surface area contributed by atoms with E-state index in [1.807, 2.05) is 24.3 Å². The fourth-order valence-electron chi connectivity index (χ4n) is 3.42. The van der Waals surface area contributed by atoms with Gasteiger partial charge in [-0.15, -0.1) is 0 Å². The van der Waals surface area contributed by atoms with Crippen LogP contribution in [-0.4, -0.2) is 39.2 Å². The molecule has 1 aromatic heterocycles. The Morgan fingerprint density at radius 2 is 1.67 bits per heavy atom. The molecule has 0 atom stereocenters. The number of aromatic nitrogens is 3. The van der Waals surface area contributed by atoms with Crippen molar-refractivity contribution in [1.82, 2.24) is 15.0 Å². The van der Waals surface area contributed by atoms with Crippen LogP contribution in [0.2, 0.25) is 0 Å². The predicted molar refractivity (Wildman–Crippen MR) is 137 cm³/mol. The molecule has 10 nitrogen and oxygen atoms in total. The Bertz CT molecular complexity index is 1130. The second-order valence-electron chi connectivity index (χ2n) is 7.50. The quantitative estimate of drug-likeness (QED) is 0.181. The van der Waals surface area contributed by atoms with Crippen LogP contribution in [0.3, 0.4) is 0 Å². The van der Waals surface area contributed by atoms with Gasteiger partial charge in [0.2, 0.25) is 17.8 Å². The number of hydrogen-bond donors (Lipinski definition) is 2. The molecule has 0 radical (unpaired) electrons. The molecule has 0 spiro atoms. The zero-order chi connectivity index (χ0) is 23.0. The van der Waals surface area contributed by atoms with Crippen LogP contribution in [0.25, 0.3) is 0 Å². The molecule has 1 fully saturated rings. The first-order valence-electron chi connectivity index (χ1n) is 10.6. The minimum absolute atomic E-state index is 0.0219. The summed E-state index contributed by atoms with van der Waals surface area (Å²) < 4.78 is 1.09. The smallest absolute Gasteiger partial charge is 0.269 e. The maximum atomic E-state index is 10.9. The number of nitrogens with one attached hydrogen (secondary N) is 2. The number of nitro groups is 1. The van der Waals surface area contributed by atoms with Crippen molar-refractivity contribution in [2.24, 2.45) is 5.10 Å². The molecule has 2 aromatic carbocycles. The molecule has 170 valence electrons. The summed E-state index contributed by atoms with van der Waals surface area (Å²) in [4.78, 5) is 26.3. The largest absolute Gasteiger partial charge is 0.341 e. The molecule has 0 aliphatic carbocycles. The van der Waals surface area contributed by atoms with Crippen molar-refractivity contribution in [2.45, 2.75) is 25.7 Å². The molecule has 4 rings (SSSR count). The molecule has 1 aliphatic rings. The molecule has 2 heterocycles. The first-order valence-corrected chi connectivity index (χ1v) is 11.7. The fourth-order valence-corrected chi connectivity index (χ4v) is 3.94. The second-order valence-corrected chi connectivity index (χ2v) is 8.67. The SMILES string of the molecule is O=[N+]([O-])c1ccc(Nc2nc(N/N=C/c3ccccc3I)nc(N3CCCCCC3)n2)cc1. The summed E-state index contributed by atoms with van der Waals surface area (Å²) in [5.74, 6) is 1.23. The van der Waals surface area contributed by atoms with Crippen molar-refractivity contribution in [3.8, 4) is 0 Å². The van der Waals surface area contributed by atoms with Gasteiger partial charge < -0.3 is 10.2 Å². The number of benzene rings is 2. The van der Waals surface area contributed by atoms with Crippen molar-refractivity contribution in [1.29, 1.82) is 0 Å². The molecule has 0 amide bonds. The monoisotopic (exact) mass is 558 g/mol. The highest BCUT2D eigenvalue weighted by atomic mass is 127. The Kier molecular flexibility index (Phi) is 7.60. The number of nitro benzene ring substituents is 1. The third-order valence-corrected chi connectivity index (χ3v) is 6.10. The summed E-state index contributed by atoms with van der Waals surface area (Å²) >= 11 is 2.26. The molecule has 0 unspecified atom stereocenters. The van der Waals surface area contributed by atoms with Gasteiger partial charge in [0, 0.05) is 40.0 Å². The van der Waals surface area contributed by atoms with E-state index in [0.717, 1.165) is 35.1 Å². The molecule has 2 N–H and O–H groups in total. The summed E-state index contributed by atoms with van der Waals surface area (Å²) in [7, 11) is 0. The lowest BCUT2D eigenvalue weighted by atomic mass is 10.2. The van der Waals surface area contributed by atoms with Crippen LogP contribution in [0.5, 0.6) is 0 Å². The molecule has 3 aromatic rings.